The van der Waals surface area contributed by atoms with Crippen LogP contribution >= 0.6 is 0 Å². The molecule has 1 aromatic heterocycles. The summed E-state index contributed by atoms with van der Waals surface area (Å²) in [4.78, 5) is 28.2. The molecule has 3 aromatic rings. The molecule has 0 saturated heterocycles. The van der Waals surface area contributed by atoms with Gasteiger partial charge in [0.15, 0.2) is 6.61 Å². The van der Waals surface area contributed by atoms with Crippen LogP contribution in [0, 0.1) is 6.92 Å². The zero-order chi connectivity index (χ0) is 19.5. The van der Waals surface area contributed by atoms with Gasteiger partial charge in [0.2, 0.25) is 11.9 Å². The fourth-order valence-corrected chi connectivity index (χ4v) is 3.12. The van der Waals surface area contributed by atoms with Crippen molar-refractivity contribution in [2.45, 2.75) is 19.4 Å². The molecular formula is C20H19N5O3. The van der Waals surface area contributed by atoms with E-state index < -0.39 is 0 Å². The number of anilines is 2. The number of fused-ring (bicyclic) bond motifs is 1. The van der Waals surface area contributed by atoms with Crippen molar-refractivity contribution < 1.29 is 14.3 Å². The molecular weight excluding hydrogens is 358 g/mol. The van der Waals surface area contributed by atoms with Gasteiger partial charge in [-0.05, 0) is 36.2 Å². The molecule has 8 heteroatoms. The molecule has 2 N–H and O–H groups in total. The molecule has 0 aliphatic carbocycles. The Morgan fingerprint density at radius 1 is 1.29 bits per heavy atom. The summed E-state index contributed by atoms with van der Waals surface area (Å²) < 4.78 is 7.32. The highest BCUT2D eigenvalue weighted by Gasteiger charge is 2.27. The summed E-state index contributed by atoms with van der Waals surface area (Å²) in [6.45, 7) is 1.82. The number of hydrogen-bond donors (Lipinski definition) is 2. The first-order valence-corrected chi connectivity index (χ1v) is 8.88. The molecule has 0 unspecified atom stereocenters. The topological polar surface area (TPSA) is 98.1 Å². The number of aromatic nitrogens is 3. The highest BCUT2D eigenvalue weighted by Crippen LogP contribution is 2.30. The fraction of sp³-hybridized carbons (Fsp3) is 0.200. The van der Waals surface area contributed by atoms with Crippen LogP contribution in [0.15, 0.2) is 54.9 Å². The van der Waals surface area contributed by atoms with Gasteiger partial charge in [-0.15, -0.1) is 0 Å². The Balaban J connectivity index is 1.44. The first-order chi connectivity index (χ1) is 13.6. The van der Waals surface area contributed by atoms with Gasteiger partial charge in [-0.2, -0.15) is 10.1 Å². The maximum absolute atomic E-state index is 12.2. The summed E-state index contributed by atoms with van der Waals surface area (Å²) in [6, 6.07) is 14.6. The number of carbonyl (C=O) groups excluding carboxylic acids is 2. The van der Waals surface area contributed by atoms with Gasteiger partial charge in [-0.1, -0.05) is 30.3 Å². The molecule has 0 fully saturated rings. The Hall–Kier alpha value is -3.68. The van der Waals surface area contributed by atoms with Crippen LogP contribution in [0.4, 0.5) is 11.6 Å². The van der Waals surface area contributed by atoms with Crippen LogP contribution in [0.2, 0.25) is 0 Å². The van der Waals surface area contributed by atoms with E-state index in [1.54, 1.807) is 10.7 Å². The van der Waals surface area contributed by atoms with Crippen molar-refractivity contribution in [3.8, 4) is 5.75 Å². The van der Waals surface area contributed by atoms with Gasteiger partial charge < -0.3 is 10.1 Å². The molecule has 2 aromatic carbocycles. The lowest BCUT2D eigenvalue weighted by molar-refractivity contribution is -0.118. The number of nitrogens with one attached hydrogen (secondary N) is 2. The van der Waals surface area contributed by atoms with Crippen LogP contribution in [0.25, 0.3) is 0 Å². The van der Waals surface area contributed by atoms with E-state index in [9.17, 15) is 9.59 Å². The van der Waals surface area contributed by atoms with Crippen molar-refractivity contribution in [1.82, 2.24) is 14.8 Å². The number of ether oxygens (including phenoxy) is 1. The van der Waals surface area contributed by atoms with Gasteiger partial charge in [-0.3, -0.25) is 14.9 Å². The maximum atomic E-state index is 12.2. The van der Waals surface area contributed by atoms with Crippen molar-refractivity contribution in [2.24, 2.45) is 0 Å². The summed E-state index contributed by atoms with van der Waals surface area (Å²) in [6.07, 6.45) is 1.66. The molecule has 0 saturated carbocycles. The first-order valence-electron chi connectivity index (χ1n) is 8.88. The Bertz CT molecular complexity index is 1030. The van der Waals surface area contributed by atoms with Crippen LogP contribution in [0.3, 0.4) is 0 Å². The second-order valence-electron chi connectivity index (χ2n) is 6.52. The second-order valence-corrected chi connectivity index (χ2v) is 6.52. The molecule has 0 radical (unpaired) electrons. The molecule has 2 amide bonds. The Morgan fingerprint density at radius 2 is 2.14 bits per heavy atom. The second kappa shape index (κ2) is 7.51. The molecule has 28 heavy (non-hydrogen) atoms. The summed E-state index contributed by atoms with van der Waals surface area (Å²) in [5, 5.41) is 9.72. The third kappa shape index (κ3) is 3.71. The molecule has 0 spiro atoms. The van der Waals surface area contributed by atoms with Gasteiger partial charge in [0.05, 0.1) is 12.5 Å². The lowest BCUT2D eigenvalue weighted by atomic mass is 10.0. The van der Waals surface area contributed by atoms with Crippen LogP contribution < -0.4 is 15.4 Å². The molecule has 8 nitrogen and oxygen atoms in total. The predicted octanol–water partition coefficient (Wildman–Crippen LogP) is 2.54. The first kappa shape index (κ1) is 17.7. The highest BCUT2D eigenvalue weighted by atomic mass is 16.5. The predicted molar refractivity (Wildman–Crippen MR) is 103 cm³/mol. The maximum Gasteiger partial charge on any atom is 0.262 e. The SMILES string of the molecule is Cc1ccccc1NC(=O)COc1cccc([C@H]2CC(=O)Nc3ncnn32)c1. The van der Waals surface area contributed by atoms with Crippen molar-refractivity contribution in [3.63, 3.8) is 0 Å². The monoisotopic (exact) mass is 377 g/mol. The van der Waals surface area contributed by atoms with Gasteiger partial charge >= 0.3 is 0 Å². The summed E-state index contributed by atoms with van der Waals surface area (Å²) in [5.74, 6) is 0.611. The third-order valence-corrected chi connectivity index (χ3v) is 4.53. The molecule has 1 aliphatic heterocycles. The number of carbonyl (C=O) groups is 2. The number of para-hydroxylation sites is 1. The number of benzene rings is 2. The van der Waals surface area contributed by atoms with Gasteiger partial charge in [0.1, 0.15) is 12.1 Å². The minimum absolute atomic E-state index is 0.114. The van der Waals surface area contributed by atoms with Gasteiger partial charge in [-0.25, -0.2) is 4.68 Å². The standard InChI is InChI=1S/C20H19N5O3/c1-13-5-2-3-8-16(13)23-19(27)11-28-15-7-4-6-14(9-15)17-10-18(26)24-20-21-12-22-25(17)20/h2-9,12,17H,10-11H2,1H3,(H,23,27)(H,21,22,24,26)/t17-/m1/s1. The van der Waals surface area contributed by atoms with E-state index in [4.69, 9.17) is 4.74 Å². The molecule has 142 valence electrons. The molecule has 2 heterocycles. The van der Waals surface area contributed by atoms with Crippen LogP contribution in [-0.2, 0) is 9.59 Å². The Labute approximate surface area is 161 Å². The van der Waals surface area contributed by atoms with E-state index in [0.29, 0.717) is 11.7 Å². The van der Waals surface area contributed by atoms with Gasteiger partial charge in [0, 0.05) is 5.69 Å². The summed E-state index contributed by atoms with van der Waals surface area (Å²) in [5.41, 5.74) is 2.60. The van der Waals surface area contributed by atoms with Crippen molar-refractivity contribution in [1.29, 1.82) is 0 Å². The van der Waals surface area contributed by atoms with E-state index in [1.165, 1.54) is 6.33 Å². The fourth-order valence-electron chi connectivity index (χ4n) is 3.12. The van der Waals surface area contributed by atoms with Crippen LogP contribution in [0.1, 0.15) is 23.6 Å². The average Bonchev–Trinajstić information content (AvgIpc) is 3.16. The Kier molecular flexibility index (Phi) is 4.76. The van der Waals surface area contributed by atoms with Crippen molar-refractivity contribution in [3.05, 3.63) is 66.0 Å². The van der Waals surface area contributed by atoms with Crippen molar-refractivity contribution >= 4 is 23.5 Å². The molecule has 1 aliphatic rings. The largest absolute Gasteiger partial charge is 0.484 e. The normalized spacial score (nSPS) is 15.5. The quantitative estimate of drug-likeness (QED) is 0.712. The number of nitrogens with zero attached hydrogens (tertiary/aromatic N) is 3. The highest BCUT2D eigenvalue weighted by molar-refractivity contribution is 5.92. The smallest absolute Gasteiger partial charge is 0.262 e. The number of amides is 2. The number of aryl methyl sites for hydroxylation is 1. The number of rotatable bonds is 5. The molecule has 4 rings (SSSR count). The Morgan fingerprint density at radius 3 is 3.00 bits per heavy atom. The minimum atomic E-state index is -0.268. The summed E-state index contributed by atoms with van der Waals surface area (Å²) in [7, 11) is 0. The third-order valence-electron chi connectivity index (χ3n) is 4.53. The zero-order valence-electron chi connectivity index (χ0n) is 15.3. The van der Waals surface area contributed by atoms with Crippen LogP contribution in [-0.4, -0.2) is 33.2 Å². The summed E-state index contributed by atoms with van der Waals surface area (Å²) >= 11 is 0. The van der Waals surface area contributed by atoms with E-state index in [2.05, 4.69) is 20.7 Å². The molecule has 1 atom stereocenters. The van der Waals surface area contributed by atoms with E-state index in [1.807, 2.05) is 49.4 Å². The van der Waals surface area contributed by atoms with E-state index in [0.717, 1.165) is 16.8 Å². The van der Waals surface area contributed by atoms with E-state index in [-0.39, 0.29) is 30.9 Å². The van der Waals surface area contributed by atoms with Gasteiger partial charge in [0.25, 0.3) is 5.91 Å². The lowest BCUT2D eigenvalue weighted by Crippen LogP contribution is -2.29. The number of hydrogen-bond acceptors (Lipinski definition) is 5. The molecule has 0 bridgehead atoms. The van der Waals surface area contributed by atoms with Crippen molar-refractivity contribution in [2.75, 3.05) is 17.2 Å². The zero-order valence-corrected chi connectivity index (χ0v) is 15.3. The average molecular weight is 377 g/mol. The van der Waals surface area contributed by atoms with E-state index >= 15 is 0 Å². The van der Waals surface area contributed by atoms with Crippen LogP contribution in [0.5, 0.6) is 5.75 Å². The minimum Gasteiger partial charge on any atom is -0.484 e. The lowest BCUT2D eigenvalue weighted by Gasteiger charge is -2.24.